The molecule has 20 heavy (non-hydrogen) atoms. The van der Waals surface area contributed by atoms with E-state index in [1.165, 1.54) is 5.56 Å². The number of amides is 1. The predicted molar refractivity (Wildman–Crippen MR) is 82.9 cm³/mol. The van der Waals surface area contributed by atoms with Crippen LogP contribution in [0.4, 0.5) is 0 Å². The Morgan fingerprint density at radius 1 is 1.45 bits per heavy atom. The number of carbonyl (C=O) groups is 1. The van der Waals surface area contributed by atoms with Gasteiger partial charge < -0.3 is 10.2 Å². The van der Waals surface area contributed by atoms with Crippen molar-refractivity contribution < 1.29 is 4.79 Å². The minimum atomic E-state index is 0.185. The highest BCUT2D eigenvalue weighted by molar-refractivity contribution is 6.30. The second kappa shape index (κ2) is 7.09. The van der Waals surface area contributed by atoms with Crippen molar-refractivity contribution in [3.05, 3.63) is 34.9 Å². The fourth-order valence-electron chi connectivity index (χ4n) is 2.82. The summed E-state index contributed by atoms with van der Waals surface area (Å²) in [6.45, 7) is 5.55. The van der Waals surface area contributed by atoms with Crippen LogP contribution in [0, 0.1) is 0 Å². The molecule has 0 saturated carbocycles. The second-order valence-electron chi connectivity index (χ2n) is 5.46. The number of hydrogen-bond donors (Lipinski definition) is 1. The first-order valence-electron chi connectivity index (χ1n) is 7.37. The molecular weight excluding hydrogens is 272 g/mol. The van der Waals surface area contributed by atoms with E-state index in [0.29, 0.717) is 12.1 Å². The van der Waals surface area contributed by atoms with Gasteiger partial charge in [-0.15, -0.1) is 0 Å². The number of halogens is 1. The number of nitrogens with zero attached hydrogens (tertiary/aromatic N) is 1. The first-order chi connectivity index (χ1) is 9.60. The Kier molecular flexibility index (Phi) is 5.44. The van der Waals surface area contributed by atoms with Crippen molar-refractivity contribution in [1.82, 2.24) is 10.2 Å². The Bertz CT molecular complexity index is 456. The average molecular weight is 295 g/mol. The summed E-state index contributed by atoms with van der Waals surface area (Å²) in [5.74, 6) is 0.185. The topological polar surface area (TPSA) is 32.3 Å². The molecular formula is C16H23ClN2O. The molecule has 1 atom stereocenters. The fourth-order valence-corrected chi connectivity index (χ4v) is 3.02. The molecule has 1 heterocycles. The Hall–Kier alpha value is -1.06. The summed E-state index contributed by atoms with van der Waals surface area (Å²) in [5, 5.41) is 4.50. The van der Waals surface area contributed by atoms with E-state index in [9.17, 15) is 4.79 Å². The minimum Gasteiger partial charge on any atom is -0.343 e. The summed E-state index contributed by atoms with van der Waals surface area (Å²) < 4.78 is 0. The molecule has 110 valence electrons. The molecule has 2 rings (SSSR count). The molecule has 3 nitrogen and oxygen atoms in total. The van der Waals surface area contributed by atoms with Gasteiger partial charge >= 0.3 is 0 Å². The predicted octanol–water partition coefficient (Wildman–Crippen LogP) is 3.39. The van der Waals surface area contributed by atoms with Gasteiger partial charge in [-0.2, -0.15) is 0 Å². The van der Waals surface area contributed by atoms with Crippen LogP contribution < -0.4 is 5.32 Å². The molecule has 1 aliphatic heterocycles. The highest BCUT2D eigenvalue weighted by atomic mass is 35.5. The van der Waals surface area contributed by atoms with Gasteiger partial charge in [-0.25, -0.2) is 0 Å². The van der Waals surface area contributed by atoms with Gasteiger partial charge in [-0.05, 0) is 37.0 Å². The SMILES string of the molecule is CCC(NC1CCN(C(C)=O)CC1)c1cccc(Cl)c1. The zero-order valence-corrected chi connectivity index (χ0v) is 13.0. The molecule has 0 bridgehead atoms. The third-order valence-corrected chi connectivity index (χ3v) is 4.27. The summed E-state index contributed by atoms with van der Waals surface area (Å²) >= 11 is 6.07. The van der Waals surface area contributed by atoms with Crippen LogP contribution in [0.25, 0.3) is 0 Å². The van der Waals surface area contributed by atoms with E-state index in [1.54, 1.807) is 6.92 Å². The van der Waals surface area contributed by atoms with Crippen LogP contribution in [0.2, 0.25) is 5.02 Å². The van der Waals surface area contributed by atoms with Gasteiger partial charge in [0.1, 0.15) is 0 Å². The maximum atomic E-state index is 11.3. The van der Waals surface area contributed by atoms with E-state index in [4.69, 9.17) is 11.6 Å². The molecule has 4 heteroatoms. The molecule has 1 amide bonds. The number of benzene rings is 1. The molecule has 1 N–H and O–H groups in total. The van der Waals surface area contributed by atoms with Gasteiger partial charge in [-0.3, -0.25) is 4.79 Å². The smallest absolute Gasteiger partial charge is 0.219 e. The van der Waals surface area contributed by atoms with Crippen LogP contribution in [0.5, 0.6) is 0 Å². The molecule has 0 aromatic heterocycles. The number of hydrogen-bond acceptors (Lipinski definition) is 2. The van der Waals surface area contributed by atoms with Crippen molar-refractivity contribution in [3.63, 3.8) is 0 Å². The van der Waals surface area contributed by atoms with Crippen LogP contribution in [-0.2, 0) is 4.79 Å². The molecule has 0 aliphatic carbocycles. The summed E-state index contributed by atoms with van der Waals surface area (Å²) in [5.41, 5.74) is 1.24. The summed E-state index contributed by atoms with van der Waals surface area (Å²) in [4.78, 5) is 13.3. The lowest BCUT2D eigenvalue weighted by molar-refractivity contribution is -0.129. The quantitative estimate of drug-likeness (QED) is 0.923. The lowest BCUT2D eigenvalue weighted by Gasteiger charge is -2.34. The van der Waals surface area contributed by atoms with Crippen LogP contribution in [0.3, 0.4) is 0 Å². The Morgan fingerprint density at radius 3 is 2.70 bits per heavy atom. The Morgan fingerprint density at radius 2 is 2.15 bits per heavy atom. The Labute approximate surface area is 126 Å². The van der Waals surface area contributed by atoms with Crippen molar-refractivity contribution in [2.45, 2.75) is 45.2 Å². The van der Waals surface area contributed by atoms with E-state index < -0.39 is 0 Å². The van der Waals surface area contributed by atoms with Crippen LogP contribution >= 0.6 is 11.6 Å². The van der Waals surface area contributed by atoms with Crippen LogP contribution in [-0.4, -0.2) is 29.9 Å². The Balaban J connectivity index is 1.93. The first-order valence-corrected chi connectivity index (χ1v) is 7.75. The highest BCUT2D eigenvalue weighted by Crippen LogP contribution is 2.23. The molecule has 1 saturated heterocycles. The normalized spacial score (nSPS) is 18.1. The van der Waals surface area contributed by atoms with Crippen molar-refractivity contribution >= 4 is 17.5 Å². The summed E-state index contributed by atoms with van der Waals surface area (Å²) in [7, 11) is 0. The molecule has 0 spiro atoms. The largest absolute Gasteiger partial charge is 0.343 e. The van der Waals surface area contributed by atoms with Crippen molar-refractivity contribution in [3.8, 4) is 0 Å². The zero-order chi connectivity index (χ0) is 14.5. The van der Waals surface area contributed by atoms with E-state index in [1.807, 2.05) is 23.1 Å². The fraction of sp³-hybridized carbons (Fsp3) is 0.562. The van der Waals surface area contributed by atoms with Crippen molar-refractivity contribution in [2.24, 2.45) is 0 Å². The van der Waals surface area contributed by atoms with Crippen LogP contribution in [0.1, 0.15) is 44.7 Å². The van der Waals surface area contributed by atoms with Crippen molar-refractivity contribution in [2.75, 3.05) is 13.1 Å². The van der Waals surface area contributed by atoms with E-state index in [0.717, 1.165) is 37.4 Å². The van der Waals surface area contributed by atoms with E-state index in [2.05, 4.69) is 18.3 Å². The average Bonchev–Trinajstić information content (AvgIpc) is 2.45. The first kappa shape index (κ1) is 15.3. The van der Waals surface area contributed by atoms with Gasteiger partial charge in [0.25, 0.3) is 0 Å². The number of likely N-dealkylation sites (tertiary alicyclic amines) is 1. The lowest BCUT2D eigenvalue weighted by atomic mass is 9.99. The number of nitrogens with one attached hydrogen (secondary N) is 1. The molecule has 1 fully saturated rings. The summed E-state index contributed by atoms with van der Waals surface area (Å²) in [6.07, 6.45) is 3.08. The number of rotatable bonds is 4. The van der Waals surface area contributed by atoms with Gasteiger partial charge in [0, 0.05) is 37.1 Å². The molecule has 1 aromatic carbocycles. The van der Waals surface area contributed by atoms with Gasteiger partial charge in [0.15, 0.2) is 0 Å². The molecule has 1 unspecified atom stereocenters. The number of piperidine rings is 1. The van der Waals surface area contributed by atoms with Gasteiger partial charge in [0.05, 0.1) is 0 Å². The molecule has 1 aromatic rings. The molecule has 1 aliphatic rings. The third kappa shape index (κ3) is 3.97. The maximum Gasteiger partial charge on any atom is 0.219 e. The monoisotopic (exact) mass is 294 g/mol. The van der Waals surface area contributed by atoms with Crippen LogP contribution in [0.15, 0.2) is 24.3 Å². The third-order valence-electron chi connectivity index (χ3n) is 4.04. The standard InChI is InChI=1S/C16H23ClN2O/c1-3-16(13-5-4-6-14(17)11-13)18-15-7-9-19(10-8-15)12(2)20/h4-6,11,15-16,18H,3,7-10H2,1-2H3. The highest BCUT2D eigenvalue weighted by Gasteiger charge is 2.22. The zero-order valence-electron chi connectivity index (χ0n) is 12.2. The second-order valence-corrected chi connectivity index (χ2v) is 5.90. The van der Waals surface area contributed by atoms with Gasteiger partial charge in [0.2, 0.25) is 5.91 Å². The minimum absolute atomic E-state index is 0.185. The van der Waals surface area contributed by atoms with E-state index >= 15 is 0 Å². The molecule has 0 radical (unpaired) electrons. The lowest BCUT2D eigenvalue weighted by Crippen LogP contribution is -2.45. The van der Waals surface area contributed by atoms with Gasteiger partial charge in [-0.1, -0.05) is 30.7 Å². The summed E-state index contributed by atoms with van der Waals surface area (Å²) in [6, 6.07) is 8.88. The van der Waals surface area contributed by atoms with E-state index in [-0.39, 0.29) is 5.91 Å². The number of carbonyl (C=O) groups excluding carboxylic acids is 1. The van der Waals surface area contributed by atoms with Crippen molar-refractivity contribution in [1.29, 1.82) is 0 Å². The maximum absolute atomic E-state index is 11.3.